The highest BCUT2D eigenvalue weighted by atomic mass is 19.4. The Morgan fingerprint density at radius 3 is 2.36 bits per heavy atom. The quantitative estimate of drug-likeness (QED) is 0.198. The van der Waals surface area contributed by atoms with Gasteiger partial charge in [-0.05, 0) is 48.7 Å². The van der Waals surface area contributed by atoms with Crippen LogP contribution in [0.2, 0.25) is 0 Å². The van der Waals surface area contributed by atoms with Crippen LogP contribution in [0.3, 0.4) is 0 Å². The minimum atomic E-state index is -4.41. The number of rotatable bonds is 10. The molecule has 0 aliphatic heterocycles. The summed E-state index contributed by atoms with van der Waals surface area (Å²) in [6, 6.07) is 12.1. The summed E-state index contributed by atoms with van der Waals surface area (Å²) < 4.78 is 59.4. The fourth-order valence-corrected chi connectivity index (χ4v) is 3.56. The molecule has 9 heteroatoms. The third-order valence-corrected chi connectivity index (χ3v) is 5.37. The van der Waals surface area contributed by atoms with Crippen molar-refractivity contribution in [2.75, 3.05) is 6.54 Å². The Hall–Kier alpha value is -3.75. The number of aldehydes is 1. The predicted molar refractivity (Wildman–Crippen MR) is 127 cm³/mol. The number of nitrogens with zero attached hydrogens (tertiary/aromatic N) is 1. The third-order valence-electron chi connectivity index (χ3n) is 5.37. The third kappa shape index (κ3) is 7.13. The van der Waals surface area contributed by atoms with Crippen LogP contribution in [0.5, 0.6) is 5.75 Å². The van der Waals surface area contributed by atoms with E-state index in [9.17, 15) is 27.2 Å². The van der Waals surface area contributed by atoms with Gasteiger partial charge in [-0.15, -0.1) is 0 Å². The summed E-state index contributed by atoms with van der Waals surface area (Å²) in [6.45, 7) is 4.10. The average Bonchev–Trinajstić information content (AvgIpc) is 2.83. The summed E-state index contributed by atoms with van der Waals surface area (Å²) >= 11 is 0. The van der Waals surface area contributed by atoms with Gasteiger partial charge in [0, 0.05) is 29.7 Å². The van der Waals surface area contributed by atoms with E-state index in [-0.39, 0.29) is 30.0 Å². The van der Waals surface area contributed by atoms with Gasteiger partial charge in [-0.25, -0.2) is 4.39 Å². The molecule has 0 aliphatic rings. The molecule has 0 aliphatic carbocycles. The van der Waals surface area contributed by atoms with Crippen molar-refractivity contribution in [3.8, 4) is 17.0 Å². The van der Waals surface area contributed by atoms with Gasteiger partial charge < -0.3 is 14.8 Å². The van der Waals surface area contributed by atoms with Crippen LogP contribution >= 0.6 is 0 Å². The monoisotopic (exact) mass is 502 g/mol. The van der Waals surface area contributed by atoms with Crippen LogP contribution in [-0.2, 0) is 11.0 Å². The van der Waals surface area contributed by atoms with Crippen molar-refractivity contribution < 1.29 is 31.9 Å². The molecule has 190 valence electrons. The molecular weight excluding hydrogens is 476 g/mol. The normalized spacial score (nSPS) is 12.3. The molecule has 0 saturated heterocycles. The van der Waals surface area contributed by atoms with E-state index in [1.54, 1.807) is 12.1 Å². The summed E-state index contributed by atoms with van der Waals surface area (Å²) in [4.78, 5) is 26.8. The lowest BCUT2D eigenvalue weighted by Gasteiger charge is -2.22. The Balaban J connectivity index is 1.77. The number of amides is 1. The van der Waals surface area contributed by atoms with Crippen molar-refractivity contribution in [1.29, 1.82) is 0 Å². The van der Waals surface area contributed by atoms with Crippen LogP contribution in [0.25, 0.3) is 11.3 Å². The number of hydrogen-bond acceptors (Lipinski definition) is 4. The van der Waals surface area contributed by atoms with Gasteiger partial charge in [0.1, 0.15) is 24.0 Å². The van der Waals surface area contributed by atoms with E-state index in [0.717, 1.165) is 18.2 Å². The number of nitrogens with one attached hydrogen (secondary N) is 1. The van der Waals surface area contributed by atoms with Crippen molar-refractivity contribution in [3.63, 3.8) is 0 Å². The molecule has 1 heterocycles. The Kier molecular flexibility index (Phi) is 8.79. The van der Waals surface area contributed by atoms with Crippen LogP contribution in [0, 0.1) is 11.7 Å². The zero-order chi connectivity index (χ0) is 26.3. The topological polar surface area (TPSA) is 68.3 Å². The summed E-state index contributed by atoms with van der Waals surface area (Å²) in [6.07, 6.45) is -2.29. The van der Waals surface area contributed by atoms with E-state index in [2.05, 4.69) is 10.3 Å². The average molecular weight is 503 g/mol. The number of carbonyl (C=O) groups excluding carboxylic acids is 2. The summed E-state index contributed by atoms with van der Waals surface area (Å²) in [7, 11) is 0. The molecule has 5 nitrogen and oxygen atoms in total. The van der Waals surface area contributed by atoms with Gasteiger partial charge in [0.05, 0.1) is 17.5 Å². The molecule has 36 heavy (non-hydrogen) atoms. The number of ether oxygens (including phenoxy) is 1. The van der Waals surface area contributed by atoms with E-state index in [0.29, 0.717) is 29.7 Å². The van der Waals surface area contributed by atoms with Gasteiger partial charge in [0.15, 0.2) is 0 Å². The number of carbonyl (C=O) groups is 2. The molecule has 1 amide bonds. The first-order chi connectivity index (χ1) is 17.1. The number of aromatic nitrogens is 1. The highest BCUT2D eigenvalue weighted by molar-refractivity contribution is 5.94. The second-order valence-electron chi connectivity index (χ2n) is 8.64. The molecule has 0 fully saturated rings. The van der Waals surface area contributed by atoms with Crippen molar-refractivity contribution in [2.24, 2.45) is 5.92 Å². The Morgan fingerprint density at radius 1 is 1.08 bits per heavy atom. The van der Waals surface area contributed by atoms with Crippen LogP contribution < -0.4 is 10.1 Å². The number of benzene rings is 2. The Labute approximate surface area is 206 Å². The zero-order valence-electron chi connectivity index (χ0n) is 19.8. The lowest BCUT2D eigenvalue weighted by Crippen LogP contribution is -2.25. The standard InChI is InChI=1S/C27H26F4N2O3/c1-17(2)14-25(22-10-6-19(15-23(22)28)26(35)32-12-3-13-34)36-21-9-11-24(33-16-21)18-4-7-20(8-5-18)27(29,30)31/h4-11,13,15-17,25H,3,12,14H2,1-2H3,(H,32,35). The molecule has 1 atom stereocenters. The number of pyridine rings is 1. The maximum Gasteiger partial charge on any atom is 0.416 e. The molecular formula is C27H26F4N2O3. The second kappa shape index (κ2) is 11.8. The molecule has 0 saturated carbocycles. The molecule has 1 N–H and O–H groups in total. The molecule has 1 aromatic heterocycles. The fourth-order valence-electron chi connectivity index (χ4n) is 3.56. The summed E-state index contributed by atoms with van der Waals surface area (Å²) in [5, 5.41) is 2.54. The maximum absolute atomic E-state index is 15.0. The van der Waals surface area contributed by atoms with Crippen LogP contribution in [0.1, 0.15) is 54.3 Å². The molecule has 2 aromatic carbocycles. The SMILES string of the molecule is CC(C)CC(Oc1ccc(-c2ccc(C(F)(F)F)cc2)nc1)c1ccc(C(=O)NCCC=O)cc1F. The maximum atomic E-state index is 15.0. The molecule has 3 aromatic rings. The molecule has 0 radical (unpaired) electrons. The lowest BCUT2D eigenvalue weighted by atomic mass is 9.97. The first-order valence-corrected chi connectivity index (χ1v) is 11.4. The second-order valence-corrected chi connectivity index (χ2v) is 8.64. The van der Waals surface area contributed by atoms with Crippen molar-refractivity contribution in [1.82, 2.24) is 10.3 Å². The molecule has 0 bridgehead atoms. The van der Waals surface area contributed by atoms with Gasteiger partial charge in [0.25, 0.3) is 5.91 Å². The van der Waals surface area contributed by atoms with Gasteiger partial charge in [-0.1, -0.05) is 32.0 Å². The van der Waals surface area contributed by atoms with Gasteiger partial charge >= 0.3 is 6.18 Å². The smallest absolute Gasteiger partial charge is 0.416 e. The minimum Gasteiger partial charge on any atom is -0.484 e. The number of halogens is 4. The summed E-state index contributed by atoms with van der Waals surface area (Å²) in [5.41, 5.74) is 0.649. The first-order valence-electron chi connectivity index (χ1n) is 11.4. The predicted octanol–water partition coefficient (Wildman–Crippen LogP) is 6.39. The van der Waals surface area contributed by atoms with Gasteiger partial charge in [0.2, 0.25) is 0 Å². The highest BCUT2D eigenvalue weighted by Gasteiger charge is 2.30. The van der Waals surface area contributed by atoms with E-state index >= 15 is 0 Å². The highest BCUT2D eigenvalue weighted by Crippen LogP contribution is 2.32. The first kappa shape index (κ1) is 26.8. The number of hydrogen-bond donors (Lipinski definition) is 1. The van der Waals surface area contributed by atoms with Crippen LogP contribution in [-0.4, -0.2) is 23.7 Å². The van der Waals surface area contributed by atoms with E-state index in [1.165, 1.54) is 30.5 Å². The van der Waals surface area contributed by atoms with E-state index < -0.39 is 29.6 Å². The zero-order valence-corrected chi connectivity index (χ0v) is 19.8. The minimum absolute atomic E-state index is 0.132. The van der Waals surface area contributed by atoms with Gasteiger partial charge in [-0.3, -0.25) is 9.78 Å². The van der Waals surface area contributed by atoms with Crippen LogP contribution in [0.15, 0.2) is 60.8 Å². The molecule has 0 spiro atoms. The fraction of sp³-hybridized carbons (Fsp3) is 0.296. The van der Waals surface area contributed by atoms with E-state index in [1.807, 2.05) is 13.8 Å². The Morgan fingerprint density at radius 2 is 1.81 bits per heavy atom. The number of alkyl halides is 3. The van der Waals surface area contributed by atoms with Crippen molar-refractivity contribution in [2.45, 2.75) is 39.0 Å². The van der Waals surface area contributed by atoms with Crippen LogP contribution in [0.4, 0.5) is 17.6 Å². The van der Waals surface area contributed by atoms with Crippen molar-refractivity contribution >= 4 is 12.2 Å². The Bertz CT molecular complexity index is 1180. The molecule has 1 unspecified atom stereocenters. The largest absolute Gasteiger partial charge is 0.484 e. The lowest BCUT2D eigenvalue weighted by molar-refractivity contribution is -0.137. The van der Waals surface area contributed by atoms with Gasteiger partial charge in [-0.2, -0.15) is 13.2 Å². The molecule has 3 rings (SSSR count). The van der Waals surface area contributed by atoms with E-state index in [4.69, 9.17) is 4.74 Å². The van der Waals surface area contributed by atoms with Crippen molar-refractivity contribution in [3.05, 3.63) is 83.3 Å². The summed E-state index contributed by atoms with van der Waals surface area (Å²) in [5.74, 6) is -0.545.